The molecule has 0 unspecified atom stereocenters. The van der Waals surface area contributed by atoms with E-state index in [0.717, 1.165) is 34.8 Å². The summed E-state index contributed by atoms with van der Waals surface area (Å²) in [7, 11) is 0. The number of aryl methyl sites for hydroxylation is 2. The summed E-state index contributed by atoms with van der Waals surface area (Å²) in [6.45, 7) is 10.2. The number of nitrogens with zero attached hydrogens (tertiary/aromatic N) is 3. The average Bonchev–Trinajstić information content (AvgIpc) is 2.44. The predicted octanol–water partition coefficient (Wildman–Crippen LogP) is 4.45. The van der Waals surface area contributed by atoms with Gasteiger partial charge in [-0.15, -0.1) is 0 Å². The van der Waals surface area contributed by atoms with Crippen LogP contribution in [-0.2, 0) is 0 Å². The van der Waals surface area contributed by atoms with Gasteiger partial charge in [0.1, 0.15) is 5.82 Å². The number of benzene rings is 1. The summed E-state index contributed by atoms with van der Waals surface area (Å²) in [5.74, 6) is 1.59. The molecule has 1 N–H and O–H groups in total. The molecule has 0 aliphatic carbocycles. The van der Waals surface area contributed by atoms with Crippen LogP contribution in [-0.4, -0.2) is 23.1 Å². The quantitative estimate of drug-likeness (QED) is 0.866. The van der Waals surface area contributed by atoms with Crippen molar-refractivity contribution in [3.05, 3.63) is 40.0 Å². The normalized spacial score (nSPS) is 10.5. The van der Waals surface area contributed by atoms with E-state index in [2.05, 4.69) is 63.0 Å². The van der Waals surface area contributed by atoms with Crippen LogP contribution in [0.15, 0.2) is 28.7 Å². The molecule has 1 aromatic heterocycles. The van der Waals surface area contributed by atoms with Gasteiger partial charge in [-0.25, -0.2) is 4.98 Å². The molecule has 0 atom stereocenters. The van der Waals surface area contributed by atoms with E-state index in [1.54, 1.807) is 0 Å². The van der Waals surface area contributed by atoms with Gasteiger partial charge in [-0.1, -0.05) is 22.0 Å². The molecule has 0 spiro atoms. The topological polar surface area (TPSA) is 41.1 Å². The molecular formula is C16H21BrN4. The molecule has 4 nitrogen and oxygen atoms in total. The Balaban J connectivity index is 2.29. The molecular weight excluding hydrogens is 328 g/mol. The van der Waals surface area contributed by atoms with Gasteiger partial charge in [0.05, 0.1) is 0 Å². The highest BCUT2D eigenvalue weighted by molar-refractivity contribution is 9.10. The van der Waals surface area contributed by atoms with Crippen molar-refractivity contribution in [3.8, 4) is 0 Å². The fourth-order valence-corrected chi connectivity index (χ4v) is 2.50. The Morgan fingerprint density at radius 3 is 2.43 bits per heavy atom. The lowest BCUT2D eigenvalue weighted by molar-refractivity contribution is 0.840. The molecule has 0 radical (unpaired) electrons. The fraction of sp³-hybridized carbons (Fsp3) is 0.375. The van der Waals surface area contributed by atoms with Crippen LogP contribution in [0.5, 0.6) is 0 Å². The standard InChI is InChI=1S/C16H21BrN4/c1-5-21(6-2)15-9-12(4)18-16(20-15)19-13-8-7-11(3)14(17)10-13/h7-10H,5-6H2,1-4H3,(H,18,19,20). The third-order valence-corrected chi connectivity index (χ3v) is 4.21. The van der Waals surface area contributed by atoms with E-state index in [-0.39, 0.29) is 0 Å². The third-order valence-electron chi connectivity index (χ3n) is 3.36. The molecule has 2 rings (SSSR count). The second-order valence-electron chi connectivity index (χ2n) is 4.95. The molecule has 0 fully saturated rings. The number of rotatable bonds is 5. The molecule has 0 saturated carbocycles. The largest absolute Gasteiger partial charge is 0.357 e. The van der Waals surface area contributed by atoms with Crippen LogP contribution < -0.4 is 10.2 Å². The summed E-state index contributed by atoms with van der Waals surface area (Å²) in [5.41, 5.74) is 3.14. The lowest BCUT2D eigenvalue weighted by atomic mass is 10.2. The second-order valence-corrected chi connectivity index (χ2v) is 5.81. The first-order chi connectivity index (χ1) is 10.0. The van der Waals surface area contributed by atoms with Crippen LogP contribution in [0.1, 0.15) is 25.1 Å². The minimum Gasteiger partial charge on any atom is -0.357 e. The highest BCUT2D eigenvalue weighted by atomic mass is 79.9. The molecule has 5 heteroatoms. The number of hydrogen-bond donors (Lipinski definition) is 1. The van der Waals surface area contributed by atoms with Crippen molar-refractivity contribution >= 4 is 33.4 Å². The van der Waals surface area contributed by atoms with Crippen LogP contribution in [0, 0.1) is 13.8 Å². The molecule has 0 amide bonds. The van der Waals surface area contributed by atoms with Gasteiger partial charge >= 0.3 is 0 Å². The number of nitrogens with one attached hydrogen (secondary N) is 1. The summed E-state index contributed by atoms with van der Waals surface area (Å²) < 4.78 is 1.07. The zero-order valence-corrected chi connectivity index (χ0v) is 14.5. The Morgan fingerprint density at radius 2 is 1.81 bits per heavy atom. The molecule has 21 heavy (non-hydrogen) atoms. The zero-order valence-electron chi connectivity index (χ0n) is 12.9. The van der Waals surface area contributed by atoms with E-state index in [9.17, 15) is 0 Å². The minimum absolute atomic E-state index is 0.632. The first kappa shape index (κ1) is 15.8. The van der Waals surface area contributed by atoms with Gasteiger partial charge < -0.3 is 10.2 Å². The Kier molecular flexibility index (Phi) is 5.17. The van der Waals surface area contributed by atoms with Gasteiger partial charge in [-0.3, -0.25) is 0 Å². The lowest BCUT2D eigenvalue weighted by Crippen LogP contribution is -2.23. The van der Waals surface area contributed by atoms with E-state index in [1.807, 2.05) is 25.1 Å². The van der Waals surface area contributed by atoms with E-state index < -0.39 is 0 Å². The summed E-state index contributed by atoms with van der Waals surface area (Å²) in [6.07, 6.45) is 0. The number of aromatic nitrogens is 2. The lowest BCUT2D eigenvalue weighted by Gasteiger charge is -2.20. The maximum absolute atomic E-state index is 4.61. The molecule has 1 heterocycles. The summed E-state index contributed by atoms with van der Waals surface area (Å²) in [6, 6.07) is 8.15. The summed E-state index contributed by atoms with van der Waals surface area (Å²) >= 11 is 3.54. The van der Waals surface area contributed by atoms with Crippen molar-refractivity contribution in [1.82, 2.24) is 9.97 Å². The van der Waals surface area contributed by atoms with Gasteiger partial charge in [0.15, 0.2) is 0 Å². The van der Waals surface area contributed by atoms with Crippen LogP contribution in [0.4, 0.5) is 17.5 Å². The highest BCUT2D eigenvalue weighted by Gasteiger charge is 2.08. The van der Waals surface area contributed by atoms with Gasteiger partial charge in [-0.2, -0.15) is 4.98 Å². The summed E-state index contributed by atoms with van der Waals surface area (Å²) in [5, 5.41) is 3.28. The van der Waals surface area contributed by atoms with Crippen molar-refractivity contribution in [2.75, 3.05) is 23.3 Å². The highest BCUT2D eigenvalue weighted by Crippen LogP contribution is 2.23. The minimum atomic E-state index is 0.632. The van der Waals surface area contributed by atoms with Crippen molar-refractivity contribution in [1.29, 1.82) is 0 Å². The Hall–Kier alpha value is -1.62. The monoisotopic (exact) mass is 348 g/mol. The van der Waals surface area contributed by atoms with Crippen molar-refractivity contribution in [2.24, 2.45) is 0 Å². The van der Waals surface area contributed by atoms with Crippen molar-refractivity contribution in [2.45, 2.75) is 27.7 Å². The predicted molar refractivity (Wildman–Crippen MR) is 92.5 cm³/mol. The first-order valence-electron chi connectivity index (χ1n) is 7.17. The molecule has 2 aromatic rings. The fourth-order valence-electron chi connectivity index (χ4n) is 2.12. The SMILES string of the molecule is CCN(CC)c1cc(C)nc(Nc2ccc(C)c(Br)c2)n1. The number of halogens is 1. The van der Waals surface area contributed by atoms with Crippen molar-refractivity contribution in [3.63, 3.8) is 0 Å². The molecule has 0 aliphatic heterocycles. The van der Waals surface area contributed by atoms with Crippen LogP contribution in [0.25, 0.3) is 0 Å². The van der Waals surface area contributed by atoms with E-state index in [0.29, 0.717) is 5.95 Å². The summed E-state index contributed by atoms with van der Waals surface area (Å²) in [4.78, 5) is 11.3. The molecule has 112 valence electrons. The van der Waals surface area contributed by atoms with Crippen LogP contribution in [0.2, 0.25) is 0 Å². The maximum Gasteiger partial charge on any atom is 0.229 e. The number of hydrogen-bond acceptors (Lipinski definition) is 4. The Bertz CT molecular complexity index is 624. The zero-order chi connectivity index (χ0) is 15.4. The molecule has 1 aromatic carbocycles. The Morgan fingerprint density at radius 1 is 1.10 bits per heavy atom. The smallest absolute Gasteiger partial charge is 0.229 e. The van der Waals surface area contributed by atoms with Gasteiger partial charge in [-0.05, 0) is 45.4 Å². The van der Waals surface area contributed by atoms with Crippen LogP contribution >= 0.6 is 15.9 Å². The molecule has 0 saturated heterocycles. The Labute approximate surface area is 134 Å². The molecule has 0 aliphatic rings. The van der Waals surface area contributed by atoms with Crippen molar-refractivity contribution < 1.29 is 0 Å². The molecule has 0 bridgehead atoms. The maximum atomic E-state index is 4.61. The average molecular weight is 349 g/mol. The van der Waals surface area contributed by atoms with E-state index in [4.69, 9.17) is 0 Å². The van der Waals surface area contributed by atoms with Crippen LogP contribution in [0.3, 0.4) is 0 Å². The number of anilines is 3. The van der Waals surface area contributed by atoms with E-state index >= 15 is 0 Å². The van der Waals surface area contributed by atoms with Gasteiger partial charge in [0.2, 0.25) is 5.95 Å². The van der Waals surface area contributed by atoms with Gasteiger partial charge in [0.25, 0.3) is 0 Å². The second kappa shape index (κ2) is 6.89. The third kappa shape index (κ3) is 3.94. The van der Waals surface area contributed by atoms with Gasteiger partial charge in [0, 0.05) is 35.0 Å². The van der Waals surface area contributed by atoms with E-state index in [1.165, 1.54) is 5.56 Å². The first-order valence-corrected chi connectivity index (χ1v) is 7.96.